The van der Waals surface area contributed by atoms with Crippen molar-refractivity contribution in [2.24, 2.45) is 0 Å². The van der Waals surface area contributed by atoms with E-state index >= 15 is 0 Å². The second-order valence-electron chi connectivity index (χ2n) is 4.48. The molecule has 7 heteroatoms. The molecule has 0 heterocycles. The Morgan fingerprint density at radius 2 is 1.55 bits per heavy atom. The van der Waals surface area contributed by atoms with Crippen molar-refractivity contribution in [1.82, 2.24) is 0 Å². The van der Waals surface area contributed by atoms with Crippen molar-refractivity contribution >= 4 is 80.5 Å². The summed E-state index contributed by atoms with van der Waals surface area (Å²) in [6.45, 7) is 0. The molecule has 1 aliphatic rings. The predicted octanol–water partition coefficient (Wildman–Crippen LogP) is 1.72. The van der Waals surface area contributed by atoms with Gasteiger partial charge >= 0.3 is 70.0 Å². The molecule has 0 saturated carbocycles. The Labute approximate surface area is 164 Å². The van der Waals surface area contributed by atoms with Gasteiger partial charge in [0, 0.05) is 0 Å². The quantitative estimate of drug-likeness (QED) is 0.389. The topological polar surface area (TPSA) is 77.8 Å². The zero-order chi connectivity index (χ0) is 16.6. The molecule has 0 fully saturated rings. The monoisotopic (exact) mass is 334 g/mol. The van der Waals surface area contributed by atoms with E-state index in [1.807, 2.05) is 0 Å². The molecular formula is C15H13Na2O4P. The van der Waals surface area contributed by atoms with Gasteiger partial charge in [-0.2, -0.15) is 0 Å². The van der Waals surface area contributed by atoms with Crippen LogP contribution in [0.25, 0.3) is 16.8 Å². The molecule has 0 aliphatic heterocycles. The summed E-state index contributed by atoms with van der Waals surface area (Å²) in [5.41, 5.74) is 2.81. The SMILES string of the molecule is C1=Cc2cccc3cccc(c23)C1.O=P(O)(O)O.[Na][C]#[C][Na]. The van der Waals surface area contributed by atoms with Gasteiger partial charge in [0.15, 0.2) is 0 Å². The van der Waals surface area contributed by atoms with E-state index in [1.54, 1.807) is 0 Å². The fourth-order valence-corrected chi connectivity index (χ4v) is 2.07. The molecule has 22 heavy (non-hydrogen) atoms. The Balaban J connectivity index is 0.000000228. The summed E-state index contributed by atoms with van der Waals surface area (Å²) in [6.07, 6.45) is 5.53. The summed E-state index contributed by atoms with van der Waals surface area (Å²) in [5.74, 6) is 0. The Bertz CT molecular complexity index is 752. The van der Waals surface area contributed by atoms with Crippen LogP contribution in [-0.4, -0.2) is 70.5 Å². The minimum absolute atomic E-state index is 1.06. The molecule has 0 amide bonds. The van der Waals surface area contributed by atoms with Crippen molar-refractivity contribution in [2.45, 2.75) is 6.42 Å². The molecule has 0 aromatic heterocycles. The molecule has 2 aromatic carbocycles. The first-order valence-electron chi connectivity index (χ1n) is 6.65. The third-order valence-corrected chi connectivity index (χ3v) is 4.91. The molecule has 0 bridgehead atoms. The molecule has 0 unspecified atom stereocenters. The third kappa shape index (κ3) is 7.59. The van der Waals surface area contributed by atoms with Gasteiger partial charge in [-0.15, -0.1) is 0 Å². The van der Waals surface area contributed by atoms with Gasteiger partial charge < -0.3 is 14.7 Å². The standard InChI is InChI=1S/C13H10.C2.2Na.H3O4P/c1-4-10-6-2-8-12-9-3-7-11(5-1)13(10)12;1-2;;;1-5(2,3)4/h1-8H,9H2;;;;(H3,1,2,3,4). The molecule has 3 rings (SSSR count). The van der Waals surface area contributed by atoms with E-state index in [2.05, 4.69) is 54.9 Å². The van der Waals surface area contributed by atoms with Gasteiger partial charge in [-0.05, 0) is 28.3 Å². The first-order valence-corrected chi connectivity index (χ1v) is 10.2. The first-order chi connectivity index (χ1) is 10.4. The average Bonchev–Trinajstić information content (AvgIpc) is 2.47. The van der Waals surface area contributed by atoms with Crippen LogP contribution in [0.5, 0.6) is 0 Å². The van der Waals surface area contributed by atoms with E-state index in [-0.39, 0.29) is 0 Å². The molecule has 0 spiro atoms. The summed E-state index contributed by atoms with van der Waals surface area (Å²) < 4.78 is 14.6. The van der Waals surface area contributed by atoms with E-state index in [4.69, 9.17) is 19.2 Å². The van der Waals surface area contributed by atoms with E-state index in [0.717, 1.165) is 62.3 Å². The van der Waals surface area contributed by atoms with Crippen LogP contribution < -0.4 is 0 Å². The molecule has 2 aromatic rings. The zero-order valence-electron chi connectivity index (χ0n) is 12.5. The number of allylic oxidation sites excluding steroid dienone is 1. The van der Waals surface area contributed by atoms with Crippen LogP contribution in [0.15, 0.2) is 42.5 Å². The van der Waals surface area contributed by atoms with Crippen LogP contribution in [0.1, 0.15) is 11.1 Å². The van der Waals surface area contributed by atoms with Gasteiger partial charge in [-0.1, -0.05) is 48.6 Å². The zero-order valence-corrected chi connectivity index (χ0v) is 17.4. The van der Waals surface area contributed by atoms with Gasteiger partial charge in [-0.3, -0.25) is 0 Å². The number of hydrogen-bond acceptors (Lipinski definition) is 1. The van der Waals surface area contributed by atoms with Crippen molar-refractivity contribution < 1.29 is 19.2 Å². The van der Waals surface area contributed by atoms with E-state index < -0.39 is 7.82 Å². The predicted molar refractivity (Wildman–Crippen MR) is 90.2 cm³/mol. The molecule has 0 radical (unpaired) electrons. The fraction of sp³-hybridized carbons (Fsp3) is 0.0667. The van der Waals surface area contributed by atoms with Crippen LogP contribution in [0.2, 0.25) is 0 Å². The van der Waals surface area contributed by atoms with E-state index in [0.29, 0.717) is 0 Å². The van der Waals surface area contributed by atoms with Crippen LogP contribution in [0.3, 0.4) is 0 Å². The summed E-state index contributed by atoms with van der Waals surface area (Å²) in [6, 6.07) is 13.0. The number of benzene rings is 2. The summed E-state index contributed by atoms with van der Waals surface area (Å²) in [7, 11) is -4.64. The maximum absolute atomic E-state index is 8.88. The van der Waals surface area contributed by atoms with Crippen LogP contribution in [-0.2, 0) is 11.0 Å². The van der Waals surface area contributed by atoms with Crippen LogP contribution >= 0.6 is 7.82 Å². The van der Waals surface area contributed by atoms with Crippen molar-refractivity contribution in [3.8, 4) is 6.34 Å². The number of rotatable bonds is 0. The average molecular weight is 334 g/mol. The van der Waals surface area contributed by atoms with E-state index in [1.165, 1.54) is 21.9 Å². The van der Waals surface area contributed by atoms with E-state index in [9.17, 15) is 0 Å². The Morgan fingerprint density at radius 1 is 1.00 bits per heavy atom. The summed E-state index contributed by atoms with van der Waals surface area (Å²) >= 11 is 2.13. The van der Waals surface area contributed by atoms with Gasteiger partial charge in [0.1, 0.15) is 0 Å². The van der Waals surface area contributed by atoms with Crippen molar-refractivity contribution in [2.75, 3.05) is 0 Å². The van der Waals surface area contributed by atoms with Crippen molar-refractivity contribution in [1.29, 1.82) is 0 Å². The van der Waals surface area contributed by atoms with Crippen LogP contribution in [0.4, 0.5) is 0 Å². The second-order valence-corrected chi connectivity index (χ2v) is 6.51. The van der Waals surface area contributed by atoms with Gasteiger partial charge in [-0.25, -0.2) is 4.57 Å². The Morgan fingerprint density at radius 3 is 2.09 bits per heavy atom. The third-order valence-electron chi connectivity index (χ3n) is 2.91. The molecule has 0 saturated heterocycles. The van der Waals surface area contributed by atoms with Gasteiger partial charge in [0.2, 0.25) is 0 Å². The molecular weight excluding hydrogens is 321 g/mol. The molecule has 3 N–H and O–H groups in total. The summed E-state index contributed by atoms with van der Waals surface area (Å²) in [5, 5.41) is 2.80. The Hall–Kier alpha value is 0.110. The summed E-state index contributed by atoms with van der Waals surface area (Å²) in [4.78, 5) is 21.6. The van der Waals surface area contributed by atoms with Crippen LogP contribution in [0, 0.1) is 6.34 Å². The number of hydrogen-bond donors (Lipinski definition) is 3. The van der Waals surface area contributed by atoms with Crippen molar-refractivity contribution in [3.63, 3.8) is 0 Å². The minimum atomic E-state index is -4.64. The normalized spacial score (nSPS) is 11.4. The van der Waals surface area contributed by atoms with Crippen molar-refractivity contribution in [3.05, 3.63) is 53.6 Å². The molecule has 0 atom stereocenters. The molecule has 1 aliphatic carbocycles. The van der Waals surface area contributed by atoms with Gasteiger partial charge in [0.05, 0.1) is 0 Å². The van der Waals surface area contributed by atoms with Gasteiger partial charge in [0.25, 0.3) is 0 Å². The first kappa shape index (κ1) is 20.2. The number of phosphoric acid groups is 1. The maximum atomic E-state index is 8.88. The molecule has 4 nitrogen and oxygen atoms in total. The Kier molecular flexibility index (Phi) is 9.23. The fourth-order valence-electron chi connectivity index (χ4n) is 2.07. The second kappa shape index (κ2) is 10.1. The molecule has 104 valence electrons.